The summed E-state index contributed by atoms with van der Waals surface area (Å²) in [5.41, 5.74) is 2.29. The highest BCUT2D eigenvalue weighted by Crippen LogP contribution is 2.38. The molecule has 0 aliphatic heterocycles. The summed E-state index contributed by atoms with van der Waals surface area (Å²) >= 11 is 3.55. The smallest absolute Gasteiger partial charge is 0.203 e. The molecule has 6 heteroatoms. The minimum absolute atomic E-state index is 0. The fourth-order valence-electron chi connectivity index (χ4n) is 2.22. The van der Waals surface area contributed by atoms with Crippen LogP contribution in [0.2, 0.25) is 0 Å². The van der Waals surface area contributed by atoms with E-state index in [1.165, 1.54) is 5.56 Å². The van der Waals surface area contributed by atoms with Crippen LogP contribution in [0.4, 0.5) is 0 Å². The summed E-state index contributed by atoms with van der Waals surface area (Å²) in [7, 11) is 4.84. The lowest BCUT2D eigenvalue weighted by Gasteiger charge is -2.14. The SMILES string of the molecule is COc1cc(CNCc2ccccc2Br)cc(OC)c1OC.Cl. The summed E-state index contributed by atoms with van der Waals surface area (Å²) in [5, 5.41) is 3.42. The van der Waals surface area contributed by atoms with E-state index in [1.54, 1.807) is 21.3 Å². The lowest BCUT2D eigenvalue weighted by atomic mass is 10.1. The average Bonchev–Trinajstić information content (AvgIpc) is 2.55. The lowest BCUT2D eigenvalue weighted by molar-refractivity contribution is 0.323. The Kier molecular flexibility index (Phi) is 8.23. The second kappa shape index (κ2) is 9.65. The fraction of sp³-hybridized carbons (Fsp3) is 0.294. The van der Waals surface area contributed by atoms with Gasteiger partial charge in [-0.1, -0.05) is 34.1 Å². The predicted molar refractivity (Wildman–Crippen MR) is 98.0 cm³/mol. The summed E-state index contributed by atoms with van der Waals surface area (Å²) in [4.78, 5) is 0. The summed E-state index contributed by atoms with van der Waals surface area (Å²) in [5.74, 6) is 1.94. The van der Waals surface area contributed by atoms with E-state index in [0.29, 0.717) is 23.8 Å². The van der Waals surface area contributed by atoms with Gasteiger partial charge in [0.1, 0.15) is 0 Å². The van der Waals surface area contributed by atoms with E-state index >= 15 is 0 Å². The van der Waals surface area contributed by atoms with E-state index in [-0.39, 0.29) is 12.4 Å². The van der Waals surface area contributed by atoms with E-state index in [4.69, 9.17) is 14.2 Å². The van der Waals surface area contributed by atoms with Gasteiger partial charge in [0.15, 0.2) is 11.5 Å². The summed E-state index contributed by atoms with van der Waals surface area (Å²) in [6, 6.07) is 12.1. The van der Waals surface area contributed by atoms with Crippen LogP contribution in [0.5, 0.6) is 17.2 Å². The fourth-order valence-corrected chi connectivity index (χ4v) is 2.65. The van der Waals surface area contributed by atoms with Gasteiger partial charge < -0.3 is 19.5 Å². The molecule has 0 spiro atoms. The van der Waals surface area contributed by atoms with Gasteiger partial charge in [-0.2, -0.15) is 0 Å². The summed E-state index contributed by atoms with van der Waals surface area (Å²) < 4.78 is 17.2. The maximum Gasteiger partial charge on any atom is 0.203 e. The van der Waals surface area contributed by atoms with Gasteiger partial charge in [0.2, 0.25) is 5.75 Å². The number of hydrogen-bond acceptors (Lipinski definition) is 4. The Morgan fingerprint density at radius 1 is 0.913 bits per heavy atom. The number of hydrogen-bond donors (Lipinski definition) is 1. The van der Waals surface area contributed by atoms with Crippen molar-refractivity contribution in [1.29, 1.82) is 0 Å². The molecule has 1 N–H and O–H groups in total. The van der Waals surface area contributed by atoms with Crippen molar-refractivity contribution in [2.24, 2.45) is 0 Å². The van der Waals surface area contributed by atoms with Crippen LogP contribution in [-0.4, -0.2) is 21.3 Å². The van der Waals surface area contributed by atoms with E-state index < -0.39 is 0 Å². The van der Waals surface area contributed by atoms with Gasteiger partial charge in [-0.25, -0.2) is 0 Å². The van der Waals surface area contributed by atoms with Crippen molar-refractivity contribution in [1.82, 2.24) is 5.32 Å². The topological polar surface area (TPSA) is 39.7 Å². The zero-order valence-electron chi connectivity index (χ0n) is 13.4. The Morgan fingerprint density at radius 2 is 1.52 bits per heavy atom. The van der Waals surface area contributed by atoms with E-state index in [0.717, 1.165) is 16.6 Å². The molecule has 0 saturated heterocycles. The van der Waals surface area contributed by atoms with Crippen molar-refractivity contribution < 1.29 is 14.2 Å². The molecule has 0 unspecified atom stereocenters. The first kappa shape index (κ1) is 19.6. The molecular formula is C17H21BrClNO3. The van der Waals surface area contributed by atoms with Crippen LogP contribution in [0.15, 0.2) is 40.9 Å². The molecule has 2 rings (SSSR count). The molecule has 0 saturated carbocycles. The molecule has 126 valence electrons. The zero-order chi connectivity index (χ0) is 15.9. The third-order valence-electron chi connectivity index (χ3n) is 3.33. The molecule has 0 aliphatic carbocycles. The number of benzene rings is 2. The Bertz CT molecular complexity index is 612. The molecule has 0 amide bonds. The van der Waals surface area contributed by atoms with Gasteiger partial charge in [-0.3, -0.25) is 0 Å². The Labute approximate surface area is 151 Å². The third kappa shape index (κ3) is 5.03. The highest BCUT2D eigenvalue weighted by molar-refractivity contribution is 9.10. The van der Waals surface area contributed by atoms with Crippen molar-refractivity contribution in [2.45, 2.75) is 13.1 Å². The first-order valence-electron chi connectivity index (χ1n) is 6.92. The van der Waals surface area contributed by atoms with Crippen molar-refractivity contribution in [3.63, 3.8) is 0 Å². The predicted octanol–water partition coefficient (Wildman–Crippen LogP) is 4.19. The molecule has 0 radical (unpaired) electrons. The Hall–Kier alpha value is -1.43. The van der Waals surface area contributed by atoms with Crippen molar-refractivity contribution in [3.8, 4) is 17.2 Å². The lowest BCUT2D eigenvalue weighted by Crippen LogP contribution is -2.13. The number of methoxy groups -OCH3 is 3. The first-order valence-corrected chi connectivity index (χ1v) is 7.72. The molecule has 2 aromatic rings. The van der Waals surface area contributed by atoms with Crippen LogP contribution in [0, 0.1) is 0 Å². The van der Waals surface area contributed by atoms with Gasteiger partial charge in [0.25, 0.3) is 0 Å². The molecule has 0 aromatic heterocycles. The Balaban J connectivity index is 0.00000264. The van der Waals surface area contributed by atoms with Crippen LogP contribution in [0.3, 0.4) is 0 Å². The second-order valence-corrected chi connectivity index (χ2v) is 5.58. The third-order valence-corrected chi connectivity index (χ3v) is 4.10. The number of ether oxygens (including phenoxy) is 3. The normalized spacial score (nSPS) is 9.91. The summed E-state index contributed by atoms with van der Waals surface area (Å²) in [6.07, 6.45) is 0. The molecular weight excluding hydrogens is 382 g/mol. The van der Waals surface area contributed by atoms with Crippen LogP contribution in [0.1, 0.15) is 11.1 Å². The maximum absolute atomic E-state index is 5.36. The molecule has 0 atom stereocenters. The van der Waals surface area contributed by atoms with Crippen molar-refractivity contribution in [2.75, 3.05) is 21.3 Å². The van der Waals surface area contributed by atoms with Crippen LogP contribution >= 0.6 is 28.3 Å². The highest BCUT2D eigenvalue weighted by atomic mass is 79.9. The minimum Gasteiger partial charge on any atom is -0.493 e. The standard InChI is InChI=1S/C17H20BrNO3.ClH/c1-20-15-8-12(9-16(21-2)17(15)22-3)10-19-11-13-6-4-5-7-14(13)18;/h4-9,19H,10-11H2,1-3H3;1H. The molecule has 0 aliphatic rings. The van der Waals surface area contributed by atoms with Crippen LogP contribution in [-0.2, 0) is 13.1 Å². The number of nitrogens with one attached hydrogen (secondary N) is 1. The van der Waals surface area contributed by atoms with Gasteiger partial charge in [0, 0.05) is 17.6 Å². The van der Waals surface area contributed by atoms with E-state index in [1.807, 2.05) is 30.3 Å². The summed E-state index contributed by atoms with van der Waals surface area (Å²) in [6.45, 7) is 1.48. The van der Waals surface area contributed by atoms with Crippen molar-refractivity contribution >= 4 is 28.3 Å². The zero-order valence-corrected chi connectivity index (χ0v) is 15.8. The number of rotatable bonds is 7. The molecule has 0 heterocycles. The monoisotopic (exact) mass is 401 g/mol. The molecule has 23 heavy (non-hydrogen) atoms. The average molecular weight is 403 g/mol. The quantitative estimate of drug-likeness (QED) is 0.754. The highest BCUT2D eigenvalue weighted by Gasteiger charge is 2.12. The van der Waals surface area contributed by atoms with Gasteiger partial charge >= 0.3 is 0 Å². The Morgan fingerprint density at radius 3 is 2.04 bits per heavy atom. The molecule has 0 fully saturated rings. The van der Waals surface area contributed by atoms with Gasteiger partial charge in [-0.05, 0) is 29.3 Å². The second-order valence-electron chi connectivity index (χ2n) is 4.73. The van der Waals surface area contributed by atoms with Crippen molar-refractivity contribution in [3.05, 3.63) is 52.0 Å². The molecule has 4 nitrogen and oxygen atoms in total. The molecule has 0 bridgehead atoms. The van der Waals surface area contributed by atoms with Crippen LogP contribution in [0.25, 0.3) is 0 Å². The first-order chi connectivity index (χ1) is 10.7. The van der Waals surface area contributed by atoms with E-state index in [2.05, 4.69) is 27.3 Å². The van der Waals surface area contributed by atoms with Gasteiger partial charge in [-0.15, -0.1) is 12.4 Å². The largest absolute Gasteiger partial charge is 0.493 e. The van der Waals surface area contributed by atoms with Gasteiger partial charge in [0.05, 0.1) is 21.3 Å². The number of halogens is 2. The molecule has 2 aromatic carbocycles. The maximum atomic E-state index is 5.36. The minimum atomic E-state index is 0. The van der Waals surface area contributed by atoms with E-state index in [9.17, 15) is 0 Å². The van der Waals surface area contributed by atoms with Crippen LogP contribution < -0.4 is 19.5 Å².